The van der Waals surface area contributed by atoms with E-state index in [1.54, 1.807) is 6.33 Å². The number of aromatic nitrogens is 2. The zero-order chi connectivity index (χ0) is 13.8. The number of piperidine rings is 1. The summed E-state index contributed by atoms with van der Waals surface area (Å²) in [6.45, 7) is 6.10. The smallest absolute Gasteiger partial charge is 0.329 e. The minimum absolute atomic E-state index is 0.178. The van der Waals surface area contributed by atoms with Crippen molar-refractivity contribution in [1.82, 2.24) is 14.9 Å². The van der Waals surface area contributed by atoms with Crippen molar-refractivity contribution in [3.8, 4) is 0 Å². The van der Waals surface area contributed by atoms with Crippen LogP contribution in [0.25, 0.3) is 0 Å². The Balaban J connectivity index is 2.27. The van der Waals surface area contributed by atoms with Gasteiger partial charge in [-0.1, -0.05) is 13.8 Å². The van der Waals surface area contributed by atoms with Crippen molar-refractivity contribution in [2.24, 2.45) is 5.92 Å². The number of imidazole rings is 1. The van der Waals surface area contributed by atoms with Gasteiger partial charge in [0.25, 0.3) is 0 Å². The predicted molar refractivity (Wildman–Crippen MR) is 73.0 cm³/mol. The molecule has 1 N–H and O–H groups in total. The van der Waals surface area contributed by atoms with E-state index < -0.39 is 0 Å². The largest absolute Gasteiger partial charge is 0.467 e. The van der Waals surface area contributed by atoms with Gasteiger partial charge in [0.05, 0.1) is 13.4 Å². The predicted octanol–water partition coefficient (Wildman–Crippen LogP) is 1.72. The maximum atomic E-state index is 12.0. The van der Waals surface area contributed by atoms with Crippen molar-refractivity contribution in [2.75, 3.05) is 20.2 Å². The number of methoxy groups -OCH3 is 1. The second-order valence-electron chi connectivity index (χ2n) is 5.48. The quantitative estimate of drug-likeness (QED) is 0.842. The molecular formula is C14H23N3O2. The molecule has 1 aliphatic rings. The van der Waals surface area contributed by atoms with Crippen LogP contribution in [-0.2, 0) is 9.53 Å². The summed E-state index contributed by atoms with van der Waals surface area (Å²) >= 11 is 0. The third-order valence-electron chi connectivity index (χ3n) is 3.79. The molecule has 2 rings (SSSR count). The number of hydrogen-bond donors (Lipinski definition) is 1. The van der Waals surface area contributed by atoms with Gasteiger partial charge < -0.3 is 14.6 Å². The SMILES string of the molecule is COC(=O)C(C(C)C)n1cncc1C1CCCNC1. The number of hydrogen-bond acceptors (Lipinski definition) is 4. The molecule has 0 aliphatic carbocycles. The van der Waals surface area contributed by atoms with E-state index in [-0.39, 0.29) is 17.9 Å². The van der Waals surface area contributed by atoms with Crippen LogP contribution in [0.15, 0.2) is 12.5 Å². The second-order valence-corrected chi connectivity index (χ2v) is 5.48. The van der Waals surface area contributed by atoms with Gasteiger partial charge in [0.2, 0.25) is 0 Å². The lowest BCUT2D eigenvalue weighted by Crippen LogP contribution is -2.32. The summed E-state index contributed by atoms with van der Waals surface area (Å²) < 4.78 is 6.93. The molecule has 0 radical (unpaired) electrons. The molecule has 106 valence electrons. The van der Waals surface area contributed by atoms with Crippen molar-refractivity contribution < 1.29 is 9.53 Å². The third-order valence-corrected chi connectivity index (χ3v) is 3.79. The number of carbonyl (C=O) groups excluding carboxylic acids is 1. The summed E-state index contributed by atoms with van der Waals surface area (Å²) in [5.74, 6) is 0.414. The Labute approximate surface area is 114 Å². The molecule has 5 heteroatoms. The highest BCUT2D eigenvalue weighted by atomic mass is 16.5. The van der Waals surface area contributed by atoms with E-state index in [4.69, 9.17) is 4.74 Å². The number of nitrogens with one attached hydrogen (secondary N) is 1. The Bertz CT molecular complexity index is 422. The Hall–Kier alpha value is -1.36. The van der Waals surface area contributed by atoms with Gasteiger partial charge in [-0.05, 0) is 25.3 Å². The average Bonchev–Trinajstić information content (AvgIpc) is 2.88. The fourth-order valence-electron chi connectivity index (χ4n) is 2.80. The van der Waals surface area contributed by atoms with Crippen LogP contribution in [0.5, 0.6) is 0 Å². The highest BCUT2D eigenvalue weighted by Crippen LogP contribution is 2.28. The number of nitrogens with zero attached hydrogens (tertiary/aromatic N) is 2. The highest BCUT2D eigenvalue weighted by molar-refractivity contribution is 5.74. The normalized spacial score (nSPS) is 21.4. The van der Waals surface area contributed by atoms with Crippen molar-refractivity contribution in [2.45, 2.75) is 38.6 Å². The molecule has 0 amide bonds. The van der Waals surface area contributed by atoms with E-state index >= 15 is 0 Å². The molecule has 0 aromatic carbocycles. The van der Waals surface area contributed by atoms with Gasteiger partial charge >= 0.3 is 5.97 Å². The molecule has 2 unspecified atom stereocenters. The number of carbonyl (C=O) groups is 1. The fourth-order valence-corrected chi connectivity index (χ4v) is 2.80. The van der Waals surface area contributed by atoms with Crippen LogP contribution in [0.2, 0.25) is 0 Å². The maximum absolute atomic E-state index is 12.0. The lowest BCUT2D eigenvalue weighted by Gasteiger charge is -2.27. The summed E-state index contributed by atoms with van der Waals surface area (Å²) in [6, 6.07) is -0.288. The summed E-state index contributed by atoms with van der Waals surface area (Å²) in [5.41, 5.74) is 1.14. The zero-order valence-corrected chi connectivity index (χ0v) is 11.9. The first-order valence-electron chi connectivity index (χ1n) is 6.95. The molecule has 0 spiro atoms. The van der Waals surface area contributed by atoms with Gasteiger partial charge in [-0.15, -0.1) is 0 Å². The summed E-state index contributed by atoms with van der Waals surface area (Å²) in [4.78, 5) is 16.2. The Kier molecular flexibility index (Phi) is 4.58. The summed E-state index contributed by atoms with van der Waals surface area (Å²) in [6.07, 6.45) is 5.95. The van der Waals surface area contributed by atoms with E-state index in [2.05, 4.69) is 10.3 Å². The first-order chi connectivity index (χ1) is 9.15. The zero-order valence-electron chi connectivity index (χ0n) is 11.9. The molecule has 19 heavy (non-hydrogen) atoms. The van der Waals surface area contributed by atoms with E-state index in [1.165, 1.54) is 13.5 Å². The number of esters is 1. The summed E-state index contributed by atoms with van der Waals surface area (Å²) in [7, 11) is 1.44. The van der Waals surface area contributed by atoms with Crippen LogP contribution in [0.1, 0.15) is 44.3 Å². The van der Waals surface area contributed by atoms with Gasteiger partial charge in [-0.3, -0.25) is 0 Å². The lowest BCUT2D eigenvalue weighted by atomic mass is 9.95. The maximum Gasteiger partial charge on any atom is 0.329 e. The van der Waals surface area contributed by atoms with E-state index in [9.17, 15) is 4.79 Å². The van der Waals surface area contributed by atoms with E-state index in [1.807, 2.05) is 24.6 Å². The average molecular weight is 265 g/mol. The minimum atomic E-state index is -0.288. The third kappa shape index (κ3) is 2.97. The Morgan fingerprint density at radius 2 is 2.37 bits per heavy atom. The van der Waals surface area contributed by atoms with Crippen LogP contribution in [-0.4, -0.2) is 35.7 Å². The van der Waals surface area contributed by atoms with Crippen LogP contribution in [0.4, 0.5) is 0 Å². The van der Waals surface area contributed by atoms with Crippen LogP contribution in [0.3, 0.4) is 0 Å². The van der Waals surface area contributed by atoms with Crippen molar-refractivity contribution in [3.63, 3.8) is 0 Å². The first-order valence-corrected chi connectivity index (χ1v) is 6.95. The Morgan fingerprint density at radius 1 is 1.58 bits per heavy atom. The molecule has 1 aromatic heterocycles. The highest BCUT2D eigenvalue weighted by Gasteiger charge is 2.29. The molecule has 2 heterocycles. The van der Waals surface area contributed by atoms with Crippen LogP contribution < -0.4 is 5.32 Å². The molecule has 1 saturated heterocycles. The van der Waals surface area contributed by atoms with Gasteiger partial charge in [0.15, 0.2) is 0 Å². The van der Waals surface area contributed by atoms with Crippen LogP contribution in [0, 0.1) is 5.92 Å². The van der Waals surface area contributed by atoms with Crippen molar-refractivity contribution in [3.05, 3.63) is 18.2 Å². The van der Waals surface area contributed by atoms with Gasteiger partial charge in [-0.25, -0.2) is 9.78 Å². The lowest BCUT2D eigenvalue weighted by molar-refractivity contribution is -0.146. The van der Waals surface area contributed by atoms with Gasteiger partial charge in [0, 0.05) is 24.4 Å². The molecule has 1 aliphatic heterocycles. The van der Waals surface area contributed by atoms with Gasteiger partial charge in [0.1, 0.15) is 6.04 Å². The molecule has 1 fully saturated rings. The van der Waals surface area contributed by atoms with Crippen LogP contribution >= 0.6 is 0 Å². The van der Waals surface area contributed by atoms with Crippen molar-refractivity contribution >= 4 is 5.97 Å². The fraction of sp³-hybridized carbons (Fsp3) is 0.714. The number of ether oxygens (including phenoxy) is 1. The molecule has 2 atom stereocenters. The van der Waals surface area contributed by atoms with E-state index in [0.717, 1.165) is 25.2 Å². The Morgan fingerprint density at radius 3 is 2.95 bits per heavy atom. The van der Waals surface area contributed by atoms with Gasteiger partial charge in [-0.2, -0.15) is 0 Å². The standard InChI is InChI=1S/C14H23N3O2/c1-10(2)13(14(18)19-3)17-9-16-8-12(17)11-5-4-6-15-7-11/h8-11,13,15H,4-7H2,1-3H3. The molecule has 5 nitrogen and oxygen atoms in total. The molecule has 0 bridgehead atoms. The van der Waals surface area contributed by atoms with E-state index in [0.29, 0.717) is 5.92 Å². The monoisotopic (exact) mass is 265 g/mol. The molecule has 0 saturated carbocycles. The molecular weight excluding hydrogens is 242 g/mol. The topological polar surface area (TPSA) is 56.2 Å². The van der Waals surface area contributed by atoms with Crippen molar-refractivity contribution in [1.29, 1.82) is 0 Å². The number of rotatable bonds is 4. The first kappa shape index (κ1) is 14.1. The minimum Gasteiger partial charge on any atom is -0.467 e. The second kappa shape index (κ2) is 6.19. The summed E-state index contributed by atoms with van der Waals surface area (Å²) in [5, 5.41) is 3.40. The molecule has 1 aromatic rings.